The van der Waals surface area contributed by atoms with Crippen molar-refractivity contribution in [3.63, 3.8) is 0 Å². The van der Waals surface area contributed by atoms with E-state index in [2.05, 4.69) is 52.3 Å². The molecule has 0 unspecified atom stereocenters. The van der Waals surface area contributed by atoms with Crippen LogP contribution in [0.25, 0.3) is 16.5 Å². The first-order valence-corrected chi connectivity index (χ1v) is 14.9. The molecule has 2 aromatic heterocycles. The van der Waals surface area contributed by atoms with Crippen LogP contribution in [0.5, 0.6) is 0 Å². The number of nitrogen functional groups attached to an aromatic ring is 1. The molecule has 38 heavy (non-hydrogen) atoms. The molecule has 1 amide bonds. The summed E-state index contributed by atoms with van der Waals surface area (Å²) >= 11 is 0. The summed E-state index contributed by atoms with van der Waals surface area (Å²) in [6.45, 7) is 4.24. The van der Waals surface area contributed by atoms with Gasteiger partial charge in [-0.05, 0) is 53.7 Å². The van der Waals surface area contributed by atoms with E-state index in [0.29, 0.717) is 34.7 Å². The van der Waals surface area contributed by atoms with Crippen LogP contribution >= 0.6 is 10.0 Å². The fraction of sp³-hybridized carbons (Fsp3) is 0.207. The number of anilines is 2. The Kier molecular flexibility index (Phi) is 7.65. The molecule has 0 bridgehead atoms. The van der Waals surface area contributed by atoms with E-state index in [4.69, 9.17) is 5.73 Å². The molecule has 0 spiro atoms. The van der Waals surface area contributed by atoms with Gasteiger partial charge in [-0.15, -0.1) is 6.58 Å². The lowest BCUT2D eigenvalue weighted by atomic mass is 10.0. The number of hydrogen-bond donors (Lipinski definition) is 3. The van der Waals surface area contributed by atoms with Crippen molar-refractivity contribution in [1.82, 2.24) is 19.7 Å². The van der Waals surface area contributed by atoms with Crippen LogP contribution in [0.2, 0.25) is 0 Å². The molecule has 0 radical (unpaired) electrons. The predicted molar refractivity (Wildman–Crippen MR) is 159 cm³/mol. The Morgan fingerprint density at radius 3 is 2.58 bits per heavy atom. The Balaban J connectivity index is 1.80. The molecule has 0 atom stereocenters. The van der Waals surface area contributed by atoms with E-state index < -0.39 is 15.9 Å². The zero-order chi connectivity index (χ0) is 27.4. The molecule has 4 aromatic rings. The van der Waals surface area contributed by atoms with Crippen LogP contribution < -0.4 is 21.9 Å². The van der Waals surface area contributed by atoms with Crippen molar-refractivity contribution in [3.05, 3.63) is 94.4 Å². The third-order valence-electron chi connectivity index (χ3n) is 5.77. The quantitative estimate of drug-likeness (QED) is 0.250. The molecule has 0 aliphatic heterocycles. The van der Waals surface area contributed by atoms with E-state index in [-0.39, 0.29) is 23.5 Å². The van der Waals surface area contributed by atoms with Gasteiger partial charge in [0.1, 0.15) is 11.4 Å². The number of hydrogen-bond acceptors (Lipinski definition) is 5. The fourth-order valence-corrected chi connectivity index (χ4v) is 4.53. The smallest absolute Gasteiger partial charge is 0.264 e. The molecule has 2 heterocycles. The first-order valence-electron chi connectivity index (χ1n) is 12.0. The van der Waals surface area contributed by atoms with Gasteiger partial charge in [0, 0.05) is 30.5 Å². The Morgan fingerprint density at radius 2 is 1.89 bits per heavy atom. The SMILES string of the molecule is C=CCNc1c(C(=O)NCc2cc3cccc(C#CS(C)(C)C)c3c(=O)n2-c2ccccc2)c(N)nn1C. The van der Waals surface area contributed by atoms with Crippen LogP contribution in [0.1, 0.15) is 21.6 Å². The maximum Gasteiger partial charge on any atom is 0.264 e. The number of aryl methyl sites for hydroxylation is 1. The van der Waals surface area contributed by atoms with Gasteiger partial charge in [-0.25, -0.2) is 0 Å². The number of fused-ring (bicyclic) bond motifs is 1. The van der Waals surface area contributed by atoms with Crippen molar-refractivity contribution < 1.29 is 4.79 Å². The molecular formula is C29H32N6O2S. The van der Waals surface area contributed by atoms with Crippen molar-refractivity contribution in [2.45, 2.75) is 6.54 Å². The number of carbonyl (C=O) groups is 1. The molecule has 4 N–H and O–H groups in total. The van der Waals surface area contributed by atoms with Gasteiger partial charge in [-0.1, -0.05) is 42.3 Å². The van der Waals surface area contributed by atoms with Crippen LogP contribution in [-0.2, 0) is 13.6 Å². The summed E-state index contributed by atoms with van der Waals surface area (Å²) in [4.78, 5) is 27.2. The number of nitrogens with one attached hydrogen (secondary N) is 2. The summed E-state index contributed by atoms with van der Waals surface area (Å²) < 4.78 is 3.15. The molecule has 196 valence electrons. The van der Waals surface area contributed by atoms with Gasteiger partial charge in [-0.2, -0.15) is 15.1 Å². The number of pyridine rings is 1. The molecule has 0 aliphatic carbocycles. The maximum absolute atomic E-state index is 14.0. The van der Waals surface area contributed by atoms with Crippen LogP contribution in [0, 0.1) is 11.2 Å². The van der Waals surface area contributed by atoms with Gasteiger partial charge in [0.25, 0.3) is 11.5 Å². The van der Waals surface area contributed by atoms with Crippen LogP contribution in [0.4, 0.5) is 11.6 Å². The second-order valence-electron chi connectivity index (χ2n) is 9.53. The minimum Gasteiger partial charge on any atom is -0.381 e. The zero-order valence-corrected chi connectivity index (χ0v) is 22.9. The molecule has 0 saturated carbocycles. The Morgan fingerprint density at radius 1 is 1.16 bits per heavy atom. The number of carbonyl (C=O) groups excluding carboxylic acids is 1. The second-order valence-corrected chi connectivity index (χ2v) is 13.4. The molecule has 0 aliphatic rings. The summed E-state index contributed by atoms with van der Waals surface area (Å²) in [7, 11) is 0.630. The first-order chi connectivity index (χ1) is 18.1. The van der Waals surface area contributed by atoms with E-state index >= 15 is 0 Å². The summed E-state index contributed by atoms with van der Waals surface area (Å²) in [6, 6.07) is 16.9. The average Bonchev–Trinajstić information content (AvgIpc) is 3.17. The van der Waals surface area contributed by atoms with Crippen molar-refractivity contribution in [3.8, 4) is 16.9 Å². The topological polar surface area (TPSA) is 107 Å². The molecule has 0 fully saturated rings. The van der Waals surface area contributed by atoms with Gasteiger partial charge < -0.3 is 16.4 Å². The highest BCUT2D eigenvalue weighted by atomic mass is 32.3. The lowest BCUT2D eigenvalue weighted by Gasteiger charge is -2.17. The molecular weight excluding hydrogens is 496 g/mol. The number of para-hydroxylation sites is 1. The monoisotopic (exact) mass is 528 g/mol. The summed E-state index contributed by atoms with van der Waals surface area (Å²) in [5.74, 6) is 3.44. The number of nitrogens with two attached hydrogens (primary N) is 1. The lowest BCUT2D eigenvalue weighted by Crippen LogP contribution is -2.30. The summed E-state index contributed by atoms with van der Waals surface area (Å²) in [6.07, 6.45) is 8.02. The molecule has 4 rings (SSSR count). The molecule has 9 heteroatoms. The van der Waals surface area contributed by atoms with Crippen molar-refractivity contribution in [1.29, 1.82) is 0 Å². The number of rotatable bonds is 7. The largest absolute Gasteiger partial charge is 0.381 e. The predicted octanol–water partition coefficient (Wildman–Crippen LogP) is 3.84. The molecule has 2 aromatic carbocycles. The average molecular weight is 529 g/mol. The third kappa shape index (κ3) is 5.61. The van der Waals surface area contributed by atoms with Gasteiger partial charge in [0.05, 0.1) is 11.9 Å². The normalized spacial score (nSPS) is 11.5. The Hall–Kier alpha value is -4.42. The summed E-state index contributed by atoms with van der Waals surface area (Å²) in [5.41, 5.74) is 8.11. The number of aromatic nitrogens is 3. The van der Waals surface area contributed by atoms with E-state index in [0.717, 1.165) is 5.39 Å². The number of amides is 1. The van der Waals surface area contributed by atoms with Gasteiger partial charge in [-0.3, -0.25) is 18.8 Å². The van der Waals surface area contributed by atoms with Crippen LogP contribution in [-0.4, -0.2) is 45.6 Å². The van der Waals surface area contributed by atoms with E-state index in [1.165, 1.54) is 4.68 Å². The van der Waals surface area contributed by atoms with Crippen LogP contribution in [0.15, 0.2) is 72.0 Å². The van der Waals surface area contributed by atoms with E-state index in [9.17, 15) is 9.59 Å². The highest BCUT2D eigenvalue weighted by molar-refractivity contribution is 8.35. The van der Waals surface area contributed by atoms with Crippen molar-refractivity contribution in [2.24, 2.45) is 7.05 Å². The molecule has 0 saturated heterocycles. The van der Waals surface area contributed by atoms with Gasteiger partial charge in [0.2, 0.25) is 0 Å². The highest BCUT2D eigenvalue weighted by Gasteiger charge is 2.22. The van der Waals surface area contributed by atoms with Crippen molar-refractivity contribution >= 4 is 38.3 Å². The van der Waals surface area contributed by atoms with Crippen LogP contribution in [0.3, 0.4) is 0 Å². The van der Waals surface area contributed by atoms with Gasteiger partial charge >= 0.3 is 0 Å². The minimum absolute atomic E-state index is 0.0934. The number of nitrogens with zero attached hydrogens (tertiary/aromatic N) is 3. The van der Waals surface area contributed by atoms with Crippen molar-refractivity contribution in [2.75, 3.05) is 36.4 Å². The summed E-state index contributed by atoms with van der Waals surface area (Å²) in [5, 5.41) is 14.8. The van der Waals surface area contributed by atoms with Gasteiger partial charge in [0.15, 0.2) is 5.82 Å². The maximum atomic E-state index is 14.0. The Bertz CT molecular complexity index is 1640. The number of benzene rings is 2. The highest BCUT2D eigenvalue weighted by Crippen LogP contribution is 2.32. The van der Waals surface area contributed by atoms with E-state index in [1.807, 2.05) is 54.6 Å². The Labute approximate surface area is 223 Å². The third-order valence-corrected chi connectivity index (χ3v) is 6.49. The minimum atomic E-state index is -1.08. The lowest BCUT2D eigenvalue weighted by molar-refractivity contribution is 0.0951. The fourth-order valence-electron chi connectivity index (χ4n) is 4.12. The van der Waals surface area contributed by atoms with E-state index in [1.54, 1.807) is 17.7 Å². The first kappa shape index (κ1) is 26.6. The standard InChI is InChI=1S/C29H32N6O2S/c1-6-16-31-27-25(26(30)33-34(27)2)28(36)32-19-23-18-21-12-10-11-20(15-17-38(3,4)5)24(21)29(37)35(23)22-13-8-7-9-14-22/h6-14,18,31H,1,16,19H2,2-5H3,(H2,30,33)(H,32,36). The second kappa shape index (κ2) is 10.9. The zero-order valence-electron chi connectivity index (χ0n) is 22.0. The molecule has 8 nitrogen and oxygen atoms in total.